The molecule has 2 N–H and O–H groups in total. The van der Waals surface area contributed by atoms with Gasteiger partial charge in [-0.25, -0.2) is 0 Å². The number of carbonyl (C=O) groups is 1. The summed E-state index contributed by atoms with van der Waals surface area (Å²) in [5, 5.41) is 16.5. The van der Waals surface area contributed by atoms with Crippen LogP contribution in [-0.4, -0.2) is 27.3 Å². The van der Waals surface area contributed by atoms with Crippen LogP contribution in [0.2, 0.25) is 0 Å². The van der Waals surface area contributed by atoms with E-state index >= 15 is 0 Å². The lowest BCUT2D eigenvalue weighted by molar-refractivity contribution is -0.145. The van der Waals surface area contributed by atoms with E-state index in [1.54, 1.807) is 0 Å². The Morgan fingerprint density at radius 3 is 2.64 bits per heavy atom. The maximum Gasteiger partial charge on any atom is 0.306 e. The predicted molar refractivity (Wildman–Crippen MR) is 106 cm³/mol. The molecule has 0 amide bonds. The maximum absolute atomic E-state index is 10.9. The van der Waals surface area contributed by atoms with Gasteiger partial charge in [-0.05, 0) is 36.5 Å². The first-order valence-corrected chi connectivity index (χ1v) is 9.61. The number of aromatic nitrogens is 2. The minimum absolute atomic E-state index is 0.190. The number of aliphatic carboxylic acids is 1. The van der Waals surface area contributed by atoms with E-state index in [4.69, 9.17) is 9.63 Å². The van der Waals surface area contributed by atoms with Crippen molar-refractivity contribution in [2.45, 2.75) is 38.8 Å². The molecule has 0 unspecified atom stereocenters. The smallest absolute Gasteiger partial charge is 0.306 e. The Balaban J connectivity index is 1.39. The van der Waals surface area contributed by atoms with Gasteiger partial charge in [0, 0.05) is 23.7 Å². The molecule has 4 rings (SSSR count). The highest BCUT2D eigenvalue weighted by molar-refractivity contribution is 5.71. The van der Waals surface area contributed by atoms with Gasteiger partial charge in [0.15, 0.2) is 0 Å². The van der Waals surface area contributed by atoms with Gasteiger partial charge in [0.1, 0.15) is 0 Å². The molecule has 0 spiro atoms. The van der Waals surface area contributed by atoms with Crippen molar-refractivity contribution in [3.05, 3.63) is 59.7 Å². The Morgan fingerprint density at radius 1 is 1.18 bits per heavy atom. The van der Waals surface area contributed by atoms with Gasteiger partial charge in [0.05, 0.1) is 5.92 Å². The van der Waals surface area contributed by atoms with E-state index < -0.39 is 5.97 Å². The third-order valence-electron chi connectivity index (χ3n) is 5.35. The van der Waals surface area contributed by atoms with Crippen LogP contribution in [0, 0.1) is 5.92 Å². The van der Waals surface area contributed by atoms with E-state index in [2.05, 4.69) is 28.4 Å². The third-order valence-corrected chi connectivity index (χ3v) is 5.35. The normalized spacial score (nSPS) is 18.6. The van der Waals surface area contributed by atoms with Crippen LogP contribution >= 0.6 is 0 Å². The zero-order valence-corrected chi connectivity index (χ0v) is 15.8. The third kappa shape index (κ3) is 3.82. The molecule has 1 saturated carbocycles. The predicted octanol–water partition coefficient (Wildman–Crippen LogP) is 3.92. The molecule has 144 valence electrons. The van der Waals surface area contributed by atoms with E-state index in [0.29, 0.717) is 30.6 Å². The number of rotatable bonds is 7. The van der Waals surface area contributed by atoms with Crippen LogP contribution in [-0.2, 0) is 17.8 Å². The summed E-state index contributed by atoms with van der Waals surface area (Å²) in [5.74, 6) is 0.230. The van der Waals surface area contributed by atoms with E-state index in [9.17, 15) is 4.79 Å². The number of hydrogen-bond donors (Lipinski definition) is 2. The number of nitrogens with one attached hydrogen (secondary N) is 1. The number of benzene rings is 2. The van der Waals surface area contributed by atoms with Crippen molar-refractivity contribution >= 4 is 5.97 Å². The second kappa shape index (κ2) is 7.94. The van der Waals surface area contributed by atoms with E-state index in [1.165, 1.54) is 5.56 Å². The number of aryl methyl sites for hydroxylation is 1. The van der Waals surface area contributed by atoms with Gasteiger partial charge in [-0.15, -0.1) is 0 Å². The van der Waals surface area contributed by atoms with Crippen molar-refractivity contribution in [1.82, 2.24) is 15.5 Å². The quantitative estimate of drug-likeness (QED) is 0.649. The van der Waals surface area contributed by atoms with Gasteiger partial charge in [-0.1, -0.05) is 54.5 Å². The number of nitrogens with zero attached hydrogens (tertiary/aromatic N) is 2. The zero-order chi connectivity index (χ0) is 19.5. The van der Waals surface area contributed by atoms with Crippen LogP contribution in [0.25, 0.3) is 22.8 Å². The monoisotopic (exact) mass is 377 g/mol. The lowest BCUT2D eigenvalue weighted by Crippen LogP contribution is -2.43. The van der Waals surface area contributed by atoms with Crippen LogP contribution < -0.4 is 5.32 Å². The summed E-state index contributed by atoms with van der Waals surface area (Å²) >= 11 is 0. The van der Waals surface area contributed by atoms with Gasteiger partial charge in [0.25, 0.3) is 5.89 Å². The van der Waals surface area contributed by atoms with E-state index in [-0.39, 0.29) is 5.92 Å². The minimum Gasteiger partial charge on any atom is -0.481 e. The fraction of sp³-hybridized carbons (Fsp3) is 0.318. The first-order chi connectivity index (χ1) is 13.6. The maximum atomic E-state index is 10.9. The highest BCUT2D eigenvalue weighted by Gasteiger charge is 2.33. The van der Waals surface area contributed by atoms with Crippen LogP contribution in [0.5, 0.6) is 0 Å². The van der Waals surface area contributed by atoms with E-state index in [1.807, 2.05) is 42.5 Å². The number of carboxylic acids is 1. The lowest BCUT2D eigenvalue weighted by Gasteiger charge is -2.33. The van der Waals surface area contributed by atoms with Crippen molar-refractivity contribution in [1.29, 1.82) is 0 Å². The molecule has 6 nitrogen and oxygen atoms in total. The largest absolute Gasteiger partial charge is 0.481 e. The zero-order valence-electron chi connectivity index (χ0n) is 15.8. The average molecular weight is 377 g/mol. The Hall–Kier alpha value is -2.99. The average Bonchev–Trinajstić information content (AvgIpc) is 3.17. The second-order valence-electron chi connectivity index (χ2n) is 7.22. The van der Waals surface area contributed by atoms with Gasteiger partial charge < -0.3 is 14.9 Å². The fourth-order valence-corrected chi connectivity index (χ4v) is 3.51. The molecule has 1 fully saturated rings. The molecule has 1 aliphatic rings. The van der Waals surface area contributed by atoms with Crippen molar-refractivity contribution in [2.24, 2.45) is 5.92 Å². The van der Waals surface area contributed by atoms with Crippen LogP contribution in [0.4, 0.5) is 0 Å². The summed E-state index contributed by atoms with van der Waals surface area (Å²) in [5.41, 5.74) is 4.20. The topological polar surface area (TPSA) is 88.2 Å². The van der Waals surface area contributed by atoms with E-state index in [0.717, 1.165) is 29.7 Å². The number of carboxylic acid groups (broad SMARTS) is 1. The van der Waals surface area contributed by atoms with Gasteiger partial charge >= 0.3 is 5.97 Å². The highest BCUT2D eigenvalue weighted by atomic mass is 16.5. The van der Waals surface area contributed by atoms with Crippen LogP contribution in [0.3, 0.4) is 0 Å². The summed E-state index contributed by atoms with van der Waals surface area (Å²) < 4.78 is 5.49. The molecule has 6 heteroatoms. The molecule has 28 heavy (non-hydrogen) atoms. The Kier molecular flexibility index (Phi) is 5.21. The molecule has 1 heterocycles. The first-order valence-electron chi connectivity index (χ1n) is 9.61. The van der Waals surface area contributed by atoms with Crippen molar-refractivity contribution in [3.63, 3.8) is 0 Å². The molecule has 0 aliphatic heterocycles. The summed E-state index contributed by atoms with van der Waals surface area (Å²) in [4.78, 5) is 15.4. The number of hydrogen-bond acceptors (Lipinski definition) is 5. The molecular formula is C22H23N3O3. The van der Waals surface area contributed by atoms with Gasteiger partial charge in [-0.3, -0.25) is 4.79 Å². The highest BCUT2D eigenvalue weighted by Crippen LogP contribution is 2.28. The van der Waals surface area contributed by atoms with Crippen molar-refractivity contribution in [3.8, 4) is 22.8 Å². The molecule has 0 atom stereocenters. The molecule has 3 aromatic rings. The molecule has 1 aromatic heterocycles. The SMILES string of the molecule is CCc1ccccc1-c1nc(-c2ccc(CN[C@H]3C[C@@H](C(=O)O)C3)cc2)no1. The second-order valence-corrected chi connectivity index (χ2v) is 7.22. The molecule has 1 aliphatic carbocycles. The Morgan fingerprint density at radius 2 is 1.93 bits per heavy atom. The van der Waals surface area contributed by atoms with Crippen molar-refractivity contribution in [2.75, 3.05) is 0 Å². The first kappa shape index (κ1) is 18.4. The summed E-state index contributed by atoms with van der Waals surface area (Å²) in [6.07, 6.45) is 2.32. The lowest BCUT2D eigenvalue weighted by atomic mass is 9.80. The van der Waals surface area contributed by atoms with Crippen LogP contribution in [0.1, 0.15) is 30.9 Å². The standard InChI is InChI=1S/C22H23N3O3/c1-2-15-5-3-4-6-19(15)21-24-20(25-28-21)16-9-7-14(8-10-16)13-23-18-11-17(12-18)22(26)27/h3-10,17-18,23H,2,11-13H2,1H3,(H,26,27)/t17-,18+. The summed E-state index contributed by atoms with van der Waals surface area (Å²) in [6.45, 7) is 2.83. The molecule has 0 radical (unpaired) electrons. The summed E-state index contributed by atoms with van der Waals surface area (Å²) in [6, 6.07) is 16.4. The van der Waals surface area contributed by atoms with Crippen molar-refractivity contribution < 1.29 is 14.4 Å². The summed E-state index contributed by atoms with van der Waals surface area (Å²) in [7, 11) is 0. The van der Waals surface area contributed by atoms with Crippen LogP contribution in [0.15, 0.2) is 53.1 Å². The molecule has 0 bridgehead atoms. The Bertz CT molecular complexity index is 959. The van der Waals surface area contributed by atoms with Gasteiger partial charge in [0.2, 0.25) is 5.82 Å². The molecule has 0 saturated heterocycles. The van der Waals surface area contributed by atoms with Gasteiger partial charge in [-0.2, -0.15) is 4.98 Å². The fourth-order valence-electron chi connectivity index (χ4n) is 3.51. The minimum atomic E-state index is -0.691. The Labute approximate surface area is 163 Å². The molecule has 2 aromatic carbocycles. The molecular weight excluding hydrogens is 354 g/mol.